The van der Waals surface area contributed by atoms with E-state index in [4.69, 9.17) is 18.5 Å². The second-order valence-corrected chi connectivity index (χ2v) is 29.1. The maximum atomic E-state index is 12.9. The van der Waals surface area contributed by atoms with Gasteiger partial charge in [-0.15, -0.1) is 0 Å². The quantitative estimate of drug-likeness (QED) is 0.0195. The van der Waals surface area contributed by atoms with E-state index in [1.54, 1.807) is 0 Å². The van der Waals surface area contributed by atoms with Crippen molar-refractivity contribution in [2.24, 2.45) is 0 Å². The van der Waals surface area contributed by atoms with E-state index in [9.17, 15) is 19.0 Å². The molecule has 0 radical (unpaired) electrons. The zero-order chi connectivity index (χ0) is 66.9. The maximum absolute atomic E-state index is 12.9. The van der Waals surface area contributed by atoms with Crippen molar-refractivity contribution in [2.75, 3.05) is 47.5 Å². The Labute approximate surface area is 571 Å². The number of rotatable bonds is 73. The Morgan fingerprint density at radius 1 is 0.348 bits per heavy atom. The van der Waals surface area contributed by atoms with Crippen LogP contribution in [0.5, 0.6) is 0 Å². The first-order chi connectivity index (χ1) is 45.0. The van der Waals surface area contributed by atoms with Gasteiger partial charge in [-0.1, -0.05) is 375 Å². The highest BCUT2D eigenvalue weighted by Crippen LogP contribution is 2.38. The summed E-state index contributed by atoms with van der Waals surface area (Å²) in [5.74, 6) is -0.819. The van der Waals surface area contributed by atoms with E-state index in [1.165, 1.54) is 257 Å². The summed E-state index contributed by atoms with van der Waals surface area (Å²) < 4.78 is 34.4. The minimum Gasteiger partial charge on any atom is -0.756 e. The molecule has 0 aliphatic carbocycles. The molecule has 0 saturated carbocycles. The third-order valence-corrected chi connectivity index (χ3v) is 18.4. The van der Waals surface area contributed by atoms with Crippen LogP contribution in [-0.4, -0.2) is 70.0 Å². The van der Waals surface area contributed by atoms with Crippen molar-refractivity contribution in [3.05, 3.63) is 85.1 Å². The molecular weight excluding hydrogens is 1160 g/mol. The minimum absolute atomic E-state index is 0.0315. The zero-order valence-electron chi connectivity index (χ0n) is 61.2. The monoisotopic (exact) mass is 1310 g/mol. The lowest BCUT2D eigenvalue weighted by Gasteiger charge is -2.28. The molecule has 2 atom stereocenters. The lowest BCUT2D eigenvalue weighted by atomic mass is 10.0. The molecule has 0 fully saturated rings. The molecular formula is C82H150NO8P. The van der Waals surface area contributed by atoms with E-state index >= 15 is 0 Å². The van der Waals surface area contributed by atoms with Crippen molar-refractivity contribution in [2.45, 2.75) is 380 Å². The SMILES string of the molecule is CC/C=C\C/C=C\C/C=C\C/C=C\C/C=C\C/C=C\C/C=C\CCCCCCCCCCCCCCCC(=O)OC(COC(=O)CCCCCCCCCCCCCCCCCCCCCCCCCCCCCCCCCCC)COP(=O)([O-])OCC[N+](C)(C)C. The van der Waals surface area contributed by atoms with Crippen molar-refractivity contribution >= 4 is 19.8 Å². The minimum atomic E-state index is -4.65. The Balaban J connectivity index is 3.97. The molecule has 0 bridgehead atoms. The van der Waals surface area contributed by atoms with Gasteiger partial charge in [-0.2, -0.15) is 0 Å². The number of nitrogens with zero attached hydrogens (tertiary/aromatic N) is 1. The highest BCUT2D eigenvalue weighted by atomic mass is 31.2. The number of carbonyl (C=O) groups excluding carboxylic acids is 2. The van der Waals surface area contributed by atoms with E-state index < -0.39 is 26.5 Å². The summed E-state index contributed by atoms with van der Waals surface area (Å²) in [6, 6.07) is 0. The van der Waals surface area contributed by atoms with Gasteiger partial charge >= 0.3 is 11.9 Å². The van der Waals surface area contributed by atoms with Gasteiger partial charge in [0.25, 0.3) is 7.82 Å². The van der Waals surface area contributed by atoms with Gasteiger partial charge in [0.15, 0.2) is 6.10 Å². The molecule has 0 spiro atoms. The predicted molar refractivity (Wildman–Crippen MR) is 397 cm³/mol. The van der Waals surface area contributed by atoms with E-state index in [0.29, 0.717) is 17.4 Å². The highest BCUT2D eigenvalue weighted by Gasteiger charge is 2.22. The van der Waals surface area contributed by atoms with Crippen molar-refractivity contribution < 1.29 is 42.1 Å². The van der Waals surface area contributed by atoms with Gasteiger partial charge in [0.05, 0.1) is 27.7 Å². The van der Waals surface area contributed by atoms with Gasteiger partial charge in [0.2, 0.25) is 0 Å². The zero-order valence-corrected chi connectivity index (χ0v) is 62.1. The molecule has 2 unspecified atom stereocenters. The lowest BCUT2D eigenvalue weighted by Crippen LogP contribution is -2.37. The molecule has 0 aliphatic heterocycles. The Bertz CT molecular complexity index is 1830. The maximum Gasteiger partial charge on any atom is 0.306 e. The average Bonchev–Trinajstić information content (AvgIpc) is 2.14. The molecule has 0 rings (SSSR count). The van der Waals surface area contributed by atoms with Gasteiger partial charge < -0.3 is 27.9 Å². The van der Waals surface area contributed by atoms with Crippen LogP contribution in [0.25, 0.3) is 0 Å². The molecule has 0 aromatic carbocycles. The number of carbonyl (C=O) groups is 2. The number of phosphoric acid groups is 1. The number of unbranched alkanes of at least 4 members (excludes halogenated alkanes) is 45. The fourth-order valence-electron chi connectivity index (χ4n) is 11.5. The number of hydrogen-bond donors (Lipinski definition) is 0. The second kappa shape index (κ2) is 72.5. The first-order valence-corrected chi connectivity index (χ1v) is 40.8. The van der Waals surface area contributed by atoms with Crippen LogP contribution in [0.15, 0.2) is 85.1 Å². The third kappa shape index (κ3) is 76.2. The average molecular weight is 1310 g/mol. The van der Waals surface area contributed by atoms with Crippen LogP contribution in [0, 0.1) is 0 Å². The fraction of sp³-hybridized carbons (Fsp3) is 0.805. The van der Waals surface area contributed by atoms with Gasteiger partial charge in [-0.3, -0.25) is 14.2 Å². The fourth-order valence-corrected chi connectivity index (χ4v) is 12.2. The number of esters is 2. The number of hydrogen-bond acceptors (Lipinski definition) is 8. The number of likely N-dealkylation sites (N-methyl/N-ethyl adjacent to an activating group) is 1. The summed E-state index contributed by atoms with van der Waals surface area (Å²) in [6.45, 7) is 4.18. The number of phosphoric ester groups is 1. The number of allylic oxidation sites excluding steroid dienone is 14. The van der Waals surface area contributed by atoms with Crippen LogP contribution < -0.4 is 4.89 Å². The van der Waals surface area contributed by atoms with Gasteiger partial charge in [-0.25, -0.2) is 0 Å². The molecule has 0 aliphatic rings. The molecule has 92 heavy (non-hydrogen) atoms. The Morgan fingerprint density at radius 2 is 0.620 bits per heavy atom. The normalized spacial score (nSPS) is 13.5. The van der Waals surface area contributed by atoms with Gasteiger partial charge in [0.1, 0.15) is 19.8 Å². The first-order valence-electron chi connectivity index (χ1n) is 39.3. The Hall–Kier alpha value is -2.81. The standard InChI is InChI=1S/C82H150NO8P/c1-6-8-10-12-14-16-18-20-22-24-26-28-30-32-34-36-38-40-41-43-45-47-49-51-53-55-57-59-61-63-65-67-69-71-73-75-82(85)91-80(79-90-92(86,87)89-77-76-83(3,4)5)78-88-81(84)74-72-70-68-66-64-62-60-58-56-54-52-50-48-46-44-42-39-37-35-33-31-29-27-25-23-21-19-17-15-13-11-9-7-2/h8,10,14,16,20,22,26,28,32,34,38,40,43,45,80H,6-7,9,11-13,15,17-19,21,23-25,27,29-31,33,35-37,39,41-42,44,46-79H2,1-5H3/b10-8-,16-14-,22-20-,28-26-,34-32-,40-38-,45-43-. The number of ether oxygens (including phenoxy) is 2. The molecule has 0 aromatic rings. The van der Waals surface area contributed by atoms with Crippen LogP contribution in [0.4, 0.5) is 0 Å². The van der Waals surface area contributed by atoms with E-state index in [2.05, 4.69) is 98.9 Å². The van der Waals surface area contributed by atoms with Gasteiger partial charge in [-0.05, 0) is 70.6 Å². The molecule has 0 heterocycles. The first kappa shape index (κ1) is 89.2. The summed E-state index contributed by atoms with van der Waals surface area (Å²) >= 11 is 0. The van der Waals surface area contributed by atoms with Crippen LogP contribution in [0.2, 0.25) is 0 Å². The van der Waals surface area contributed by atoms with E-state index in [0.717, 1.165) is 83.5 Å². The third-order valence-electron chi connectivity index (χ3n) is 17.4. The van der Waals surface area contributed by atoms with Crippen molar-refractivity contribution in [3.63, 3.8) is 0 Å². The molecule has 0 saturated heterocycles. The van der Waals surface area contributed by atoms with E-state index in [1.807, 2.05) is 21.1 Å². The predicted octanol–water partition coefficient (Wildman–Crippen LogP) is 25.4. The van der Waals surface area contributed by atoms with Crippen LogP contribution >= 0.6 is 7.82 Å². The largest absolute Gasteiger partial charge is 0.756 e. The van der Waals surface area contributed by atoms with Crippen molar-refractivity contribution in [1.82, 2.24) is 0 Å². The summed E-state index contributed by atoms with van der Waals surface area (Å²) in [5, 5.41) is 0. The Morgan fingerprint density at radius 3 is 0.924 bits per heavy atom. The topological polar surface area (TPSA) is 111 Å². The van der Waals surface area contributed by atoms with Crippen molar-refractivity contribution in [1.29, 1.82) is 0 Å². The smallest absolute Gasteiger partial charge is 0.306 e. The molecule has 536 valence electrons. The van der Waals surface area contributed by atoms with Crippen molar-refractivity contribution in [3.8, 4) is 0 Å². The summed E-state index contributed by atoms with van der Waals surface area (Å²) in [7, 11) is 1.18. The summed E-state index contributed by atoms with van der Waals surface area (Å²) in [4.78, 5) is 38.2. The summed E-state index contributed by atoms with van der Waals surface area (Å²) in [5.41, 5.74) is 0. The second-order valence-electron chi connectivity index (χ2n) is 27.7. The van der Waals surface area contributed by atoms with Crippen LogP contribution in [0.3, 0.4) is 0 Å². The molecule has 9 nitrogen and oxygen atoms in total. The van der Waals surface area contributed by atoms with E-state index in [-0.39, 0.29) is 32.0 Å². The molecule has 10 heteroatoms. The molecule has 0 aromatic heterocycles. The lowest BCUT2D eigenvalue weighted by molar-refractivity contribution is -0.870. The van der Waals surface area contributed by atoms with Gasteiger partial charge in [0, 0.05) is 12.8 Å². The summed E-state index contributed by atoms with van der Waals surface area (Å²) in [6.07, 6.45) is 99.9. The molecule has 0 amide bonds. The highest BCUT2D eigenvalue weighted by molar-refractivity contribution is 7.45. The molecule has 0 N–H and O–H groups in total. The van der Waals surface area contributed by atoms with Crippen LogP contribution in [0.1, 0.15) is 373 Å². The van der Waals surface area contributed by atoms with Crippen LogP contribution in [-0.2, 0) is 32.7 Å². The Kier molecular flexibility index (Phi) is 70.2. The number of quaternary nitrogens is 1.